The summed E-state index contributed by atoms with van der Waals surface area (Å²) in [5, 5.41) is 3.83. The van der Waals surface area contributed by atoms with Gasteiger partial charge in [0.05, 0.1) is 18.5 Å². The highest BCUT2D eigenvalue weighted by Gasteiger charge is 2.28. The monoisotopic (exact) mass is 276 g/mol. The third-order valence-corrected chi connectivity index (χ3v) is 3.20. The van der Waals surface area contributed by atoms with Crippen molar-refractivity contribution in [3.8, 4) is 11.5 Å². The zero-order chi connectivity index (χ0) is 14.1. The first-order valence-corrected chi connectivity index (χ1v) is 6.59. The highest BCUT2D eigenvalue weighted by atomic mass is 16.5. The van der Waals surface area contributed by atoms with E-state index in [-0.39, 0.29) is 23.8 Å². The van der Waals surface area contributed by atoms with Crippen molar-refractivity contribution in [3.05, 3.63) is 30.2 Å². The van der Waals surface area contributed by atoms with Crippen molar-refractivity contribution in [3.63, 3.8) is 0 Å². The van der Waals surface area contributed by atoms with E-state index in [0.29, 0.717) is 24.6 Å². The number of morpholine rings is 1. The molecule has 1 fully saturated rings. The zero-order valence-electron chi connectivity index (χ0n) is 11.4. The number of rotatable bonds is 2. The number of carbonyl (C=O) groups is 1. The molecule has 0 aromatic carbocycles. The van der Waals surface area contributed by atoms with Crippen LogP contribution in [-0.4, -0.2) is 41.3 Å². The number of hydrogen-bond donors (Lipinski definition) is 0. The first kappa shape index (κ1) is 12.9. The molecule has 6 nitrogen and oxygen atoms in total. The Kier molecular flexibility index (Phi) is 3.31. The first-order chi connectivity index (χ1) is 9.63. The van der Waals surface area contributed by atoms with E-state index in [2.05, 4.69) is 5.16 Å². The van der Waals surface area contributed by atoms with Crippen LogP contribution in [0.4, 0.5) is 0 Å². The maximum Gasteiger partial charge on any atom is 0.276 e. The van der Waals surface area contributed by atoms with E-state index in [0.717, 1.165) is 0 Å². The molecule has 3 heterocycles. The summed E-state index contributed by atoms with van der Waals surface area (Å²) in [6, 6.07) is 5.12. The Balaban J connectivity index is 1.77. The van der Waals surface area contributed by atoms with Crippen LogP contribution in [0.3, 0.4) is 0 Å². The summed E-state index contributed by atoms with van der Waals surface area (Å²) in [6.07, 6.45) is 1.60. The van der Waals surface area contributed by atoms with Gasteiger partial charge in [-0.05, 0) is 26.0 Å². The summed E-state index contributed by atoms with van der Waals surface area (Å²) >= 11 is 0. The average molecular weight is 276 g/mol. The van der Waals surface area contributed by atoms with Crippen molar-refractivity contribution in [2.24, 2.45) is 0 Å². The molecular weight excluding hydrogens is 260 g/mol. The summed E-state index contributed by atoms with van der Waals surface area (Å²) in [5.41, 5.74) is 0.290. The fourth-order valence-corrected chi connectivity index (χ4v) is 2.42. The molecule has 6 heteroatoms. The molecule has 2 atom stereocenters. The van der Waals surface area contributed by atoms with Crippen LogP contribution < -0.4 is 0 Å². The molecule has 1 amide bonds. The second kappa shape index (κ2) is 5.13. The van der Waals surface area contributed by atoms with E-state index in [4.69, 9.17) is 13.7 Å². The molecule has 0 radical (unpaired) electrons. The first-order valence-electron chi connectivity index (χ1n) is 6.59. The Hall–Kier alpha value is -2.08. The highest BCUT2D eigenvalue weighted by Crippen LogP contribution is 2.22. The molecule has 2 aromatic heterocycles. The predicted octanol–water partition coefficient (Wildman–Crippen LogP) is 2.18. The van der Waals surface area contributed by atoms with Gasteiger partial charge in [0.2, 0.25) is 5.76 Å². The molecule has 0 bridgehead atoms. The average Bonchev–Trinajstić information content (AvgIpc) is 3.07. The fraction of sp³-hybridized carbons (Fsp3) is 0.429. The van der Waals surface area contributed by atoms with Crippen LogP contribution in [0.1, 0.15) is 24.3 Å². The van der Waals surface area contributed by atoms with Crippen LogP contribution in [-0.2, 0) is 4.74 Å². The van der Waals surface area contributed by atoms with Gasteiger partial charge in [-0.1, -0.05) is 5.16 Å². The van der Waals surface area contributed by atoms with Gasteiger partial charge in [0.1, 0.15) is 0 Å². The van der Waals surface area contributed by atoms with Crippen molar-refractivity contribution in [1.82, 2.24) is 10.1 Å². The SMILES string of the molecule is C[C@@H]1CN(C(=O)c2cc(-c3ccco3)on2)C[C@H](C)O1. The minimum absolute atomic E-state index is 0.0270. The predicted molar refractivity (Wildman–Crippen MR) is 70.1 cm³/mol. The van der Waals surface area contributed by atoms with E-state index in [1.54, 1.807) is 29.4 Å². The number of nitrogens with zero attached hydrogens (tertiary/aromatic N) is 2. The van der Waals surface area contributed by atoms with Crippen molar-refractivity contribution in [2.45, 2.75) is 26.1 Å². The molecule has 20 heavy (non-hydrogen) atoms. The summed E-state index contributed by atoms with van der Waals surface area (Å²) in [7, 11) is 0. The molecular formula is C14H16N2O4. The summed E-state index contributed by atoms with van der Waals surface area (Å²) in [5.74, 6) is 0.863. The molecule has 0 N–H and O–H groups in total. The third kappa shape index (κ3) is 2.46. The van der Waals surface area contributed by atoms with E-state index in [9.17, 15) is 4.79 Å². The summed E-state index contributed by atoms with van der Waals surface area (Å²) in [4.78, 5) is 14.1. The van der Waals surface area contributed by atoms with E-state index in [1.165, 1.54) is 0 Å². The van der Waals surface area contributed by atoms with E-state index >= 15 is 0 Å². The molecule has 106 valence electrons. The van der Waals surface area contributed by atoms with Crippen molar-refractivity contribution in [2.75, 3.05) is 13.1 Å². The van der Waals surface area contributed by atoms with Gasteiger partial charge in [0.15, 0.2) is 11.5 Å². The van der Waals surface area contributed by atoms with Gasteiger partial charge in [-0.15, -0.1) is 0 Å². The van der Waals surface area contributed by atoms with E-state index < -0.39 is 0 Å². The molecule has 1 aliphatic rings. The zero-order valence-corrected chi connectivity index (χ0v) is 11.4. The lowest BCUT2D eigenvalue weighted by Gasteiger charge is -2.34. The molecule has 0 saturated carbocycles. The third-order valence-electron chi connectivity index (χ3n) is 3.20. The van der Waals surface area contributed by atoms with Crippen molar-refractivity contribution in [1.29, 1.82) is 0 Å². The quantitative estimate of drug-likeness (QED) is 0.841. The Labute approximate surface area is 116 Å². The molecule has 3 rings (SSSR count). The van der Waals surface area contributed by atoms with Crippen molar-refractivity contribution >= 4 is 5.91 Å². The standard InChI is InChI=1S/C14H16N2O4/c1-9-7-16(8-10(2)19-9)14(17)11-6-13(20-15-11)12-4-3-5-18-12/h3-6,9-10H,7-8H2,1-2H3/t9-,10+. The number of ether oxygens (including phenoxy) is 1. The van der Waals surface area contributed by atoms with Crippen LogP contribution in [0.25, 0.3) is 11.5 Å². The van der Waals surface area contributed by atoms with Gasteiger partial charge in [-0.25, -0.2) is 0 Å². The number of amides is 1. The smallest absolute Gasteiger partial charge is 0.276 e. The normalized spacial score (nSPS) is 23.0. The molecule has 1 aliphatic heterocycles. The molecule has 2 aromatic rings. The largest absolute Gasteiger partial charge is 0.461 e. The molecule has 0 unspecified atom stereocenters. The van der Waals surface area contributed by atoms with Gasteiger partial charge < -0.3 is 18.6 Å². The molecule has 1 saturated heterocycles. The molecule has 0 spiro atoms. The van der Waals surface area contributed by atoms with Crippen molar-refractivity contribution < 1.29 is 18.5 Å². The van der Waals surface area contributed by atoms with Crippen LogP contribution in [0, 0.1) is 0 Å². The minimum atomic E-state index is -0.145. The van der Waals surface area contributed by atoms with E-state index in [1.807, 2.05) is 13.8 Å². The van der Waals surface area contributed by atoms with Crippen LogP contribution in [0.2, 0.25) is 0 Å². The maximum absolute atomic E-state index is 12.4. The second-order valence-corrected chi connectivity index (χ2v) is 5.02. The highest BCUT2D eigenvalue weighted by molar-refractivity contribution is 5.93. The lowest BCUT2D eigenvalue weighted by Crippen LogP contribution is -2.48. The summed E-state index contributed by atoms with van der Waals surface area (Å²) < 4.78 is 16.0. The fourth-order valence-electron chi connectivity index (χ4n) is 2.42. The maximum atomic E-state index is 12.4. The van der Waals surface area contributed by atoms with Gasteiger partial charge in [-0.2, -0.15) is 0 Å². The Bertz CT molecular complexity index is 580. The topological polar surface area (TPSA) is 68.7 Å². The van der Waals surface area contributed by atoms with Gasteiger partial charge >= 0.3 is 0 Å². The van der Waals surface area contributed by atoms with Gasteiger partial charge in [-0.3, -0.25) is 4.79 Å². The lowest BCUT2D eigenvalue weighted by atomic mass is 10.2. The van der Waals surface area contributed by atoms with Gasteiger partial charge in [0.25, 0.3) is 5.91 Å². The Morgan fingerprint density at radius 3 is 2.70 bits per heavy atom. The lowest BCUT2D eigenvalue weighted by molar-refractivity contribution is -0.0588. The van der Waals surface area contributed by atoms with Gasteiger partial charge in [0, 0.05) is 19.2 Å². The summed E-state index contributed by atoms with van der Waals surface area (Å²) in [6.45, 7) is 5.03. The number of hydrogen-bond acceptors (Lipinski definition) is 5. The Morgan fingerprint density at radius 2 is 2.05 bits per heavy atom. The second-order valence-electron chi connectivity index (χ2n) is 5.02. The Morgan fingerprint density at radius 1 is 1.30 bits per heavy atom. The molecule has 0 aliphatic carbocycles. The number of furan rings is 1. The van der Waals surface area contributed by atoms with Crippen LogP contribution in [0.5, 0.6) is 0 Å². The van der Waals surface area contributed by atoms with Crippen LogP contribution in [0.15, 0.2) is 33.4 Å². The number of aromatic nitrogens is 1. The van der Waals surface area contributed by atoms with Crippen LogP contribution >= 0.6 is 0 Å². The minimum Gasteiger partial charge on any atom is -0.461 e. The number of carbonyl (C=O) groups excluding carboxylic acids is 1.